The van der Waals surface area contributed by atoms with Crippen LogP contribution in [0.15, 0.2) is 21.9 Å². The first kappa shape index (κ1) is 13.2. The van der Waals surface area contributed by atoms with Crippen LogP contribution in [0, 0.1) is 6.92 Å². The molecule has 0 fully saturated rings. The summed E-state index contributed by atoms with van der Waals surface area (Å²) in [4.78, 5) is 23.9. The van der Waals surface area contributed by atoms with Crippen molar-refractivity contribution in [2.75, 3.05) is 0 Å². The average Bonchev–Trinajstić information content (AvgIpc) is 3.04. The summed E-state index contributed by atoms with van der Waals surface area (Å²) in [6.45, 7) is 2.02. The number of carbonyl (C=O) groups excluding carboxylic acids is 2. The van der Waals surface area contributed by atoms with Gasteiger partial charge in [-0.25, -0.2) is 0 Å². The van der Waals surface area contributed by atoms with Crippen molar-refractivity contribution in [3.05, 3.63) is 34.2 Å². The molecule has 2 heterocycles. The van der Waals surface area contributed by atoms with E-state index in [4.69, 9.17) is 4.42 Å². The Hall–Kier alpha value is -2.22. The van der Waals surface area contributed by atoms with E-state index in [1.165, 1.54) is 11.3 Å². The van der Waals surface area contributed by atoms with E-state index in [9.17, 15) is 9.59 Å². The number of nitrogens with zero attached hydrogens (tertiary/aromatic N) is 2. The smallest absolute Gasteiger partial charge is 0.309 e. The number of thiophene rings is 1. The number of amides is 2. The standard InChI is InChI=1S/C11H12N4O3S/c1-7-14-15-9(18-7)6-13-11(17)10(16)12-5-8-3-2-4-19-8/h2-4H,5-6H2,1H3,(H,12,16)(H,13,17). The van der Waals surface area contributed by atoms with Gasteiger partial charge in [-0.1, -0.05) is 6.07 Å². The van der Waals surface area contributed by atoms with Crippen molar-refractivity contribution in [2.24, 2.45) is 0 Å². The van der Waals surface area contributed by atoms with Crippen molar-refractivity contribution in [3.63, 3.8) is 0 Å². The third-order valence-electron chi connectivity index (χ3n) is 2.18. The molecule has 0 atom stereocenters. The van der Waals surface area contributed by atoms with E-state index in [0.29, 0.717) is 12.4 Å². The Bertz CT molecular complexity index is 564. The van der Waals surface area contributed by atoms with Gasteiger partial charge in [0.2, 0.25) is 11.8 Å². The maximum Gasteiger partial charge on any atom is 0.309 e. The topological polar surface area (TPSA) is 97.1 Å². The molecule has 0 aliphatic rings. The molecule has 2 aromatic rings. The lowest BCUT2D eigenvalue weighted by Crippen LogP contribution is -2.39. The molecule has 0 unspecified atom stereocenters. The Balaban J connectivity index is 1.74. The number of hydrogen-bond acceptors (Lipinski definition) is 6. The van der Waals surface area contributed by atoms with Gasteiger partial charge < -0.3 is 15.1 Å². The van der Waals surface area contributed by atoms with Crippen LogP contribution in [0.5, 0.6) is 0 Å². The summed E-state index contributed by atoms with van der Waals surface area (Å²) in [5, 5.41) is 14.1. The van der Waals surface area contributed by atoms with E-state index in [1.54, 1.807) is 6.92 Å². The van der Waals surface area contributed by atoms with Gasteiger partial charge in [0.1, 0.15) is 0 Å². The third kappa shape index (κ3) is 3.88. The lowest BCUT2D eigenvalue weighted by Gasteiger charge is -2.03. The van der Waals surface area contributed by atoms with Crippen LogP contribution in [0.3, 0.4) is 0 Å². The molecule has 0 saturated carbocycles. The van der Waals surface area contributed by atoms with Gasteiger partial charge in [0, 0.05) is 11.8 Å². The van der Waals surface area contributed by atoms with Gasteiger partial charge in [0.05, 0.1) is 13.1 Å². The molecular weight excluding hydrogens is 268 g/mol. The second-order valence-electron chi connectivity index (χ2n) is 3.66. The molecule has 0 radical (unpaired) electrons. The van der Waals surface area contributed by atoms with Gasteiger partial charge in [-0.3, -0.25) is 9.59 Å². The highest BCUT2D eigenvalue weighted by atomic mass is 32.1. The molecule has 100 valence electrons. The zero-order valence-corrected chi connectivity index (χ0v) is 11.0. The van der Waals surface area contributed by atoms with Crippen molar-refractivity contribution in [1.29, 1.82) is 0 Å². The molecule has 19 heavy (non-hydrogen) atoms. The third-order valence-corrected chi connectivity index (χ3v) is 3.05. The van der Waals surface area contributed by atoms with Gasteiger partial charge in [-0.15, -0.1) is 21.5 Å². The number of carbonyl (C=O) groups is 2. The Labute approximate surface area is 113 Å². The highest BCUT2D eigenvalue weighted by molar-refractivity contribution is 7.09. The maximum atomic E-state index is 11.5. The molecule has 2 aromatic heterocycles. The molecule has 0 spiro atoms. The largest absolute Gasteiger partial charge is 0.424 e. The van der Waals surface area contributed by atoms with Crippen LogP contribution in [0.2, 0.25) is 0 Å². The van der Waals surface area contributed by atoms with Crippen LogP contribution in [-0.4, -0.2) is 22.0 Å². The molecule has 0 aliphatic heterocycles. The second kappa shape index (κ2) is 6.10. The molecule has 2 amide bonds. The number of nitrogens with one attached hydrogen (secondary N) is 2. The molecule has 0 aliphatic carbocycles. The van der Waals surface area contributed by atoms with E-state index in [2.05, 4.69) is 20.8 Å². The molecule has 2 rings (SSSR count). The number of aromatic nitrogens is 2. The van der Waals surface area contributed by atoms with Crippen molar-refractivity contribution in [1.82, 2.24) is 20.8 Å². The van der Waals surface area contributed by atoms with E-state index in [0.717, 1.165) is 4.88 Å². The van der Waals surface area contributed by atoms with Crippen LogP contribution in [-0.2, 0) is 22.7 Å². The monoisotopic (exact) mass is 280 g/mol. The van der Waals surface area contributed by atoms with E-state index >= 15 is 0 Å². The van der Waals surface area contributed by atoms with E-state index < -0.39 is 11.8 Å². The summed E-state index contributed by atoms with van der Waals surface area (Å²) in [7, 11) is 0. The molecule has 8 heteroatoms. The minimum Gasteiger partial charge on any atom is -0.424 e. The second-order valence-corrected chi connectivity index (χ2v) is 4.69. The molecule has 0 saturated heterocycles. The van der Waals surface area contributed by atoms with Gasteiger partial charge in [-0.2, -0.15) is 0 Å². The van der Waals surface area contributed by atoms with Gasteiger partial charge in [0.15, 0.2) is 0 Å². The van der Waals surface area contributed by atoms with Gasteiger partial charge in [0.25, 0.3) is 0 Å². The first-order valence-corrected chi connectivity index (χ1v) is 6.40. The van der Waals surface area contributed by atoms with Crippen LogP contribution in [0.1, 0.15) is 16.7 Å². The zero-order valence-electron chi connectivity index (χ0n) is 10.2. The first-order chi connectivity index (χ1) is 9.15. The molecular formula is C11H12N4O3S. The van der Waals surface area contributed by atoms with E-state index in [-0.39, 0.29) is 12.4 Å². The van der Waals surface area contributed by atoms with Crippen LogP contribution in [0.4, 0.5) is 0 Å². The normalized spacial score (nSPS) is 10.2. The van der Waals surface area contributed by atoms with Crippen LogP contribution in [0.25, 0.3) is 0 Å². The Morgan fingerprint density at radius 1 is 1.26 bits per heavy atom. The summed E-state index contributed by atoms with van der Waals surface area (Å²) >= 11 is 1.51. The number of aryl methyl sites for hydroxylation is 1. The molecule has 7 nitrogen and oxygen atoms in total. The maximum absolute atomic E-state index is 11.5. The molecule has 0 bridgehead atoms. The summed E-state index contributed by atoms with van der Waals surface area (Å²) in [6.07, 6.45) is 0. The lowest BCUT2D eigenvalue weighted by atomic mass is 10.4. The van der Waals surface area contributed by atoms with Crippen molar-refractivity contribution in [2.45, 2.75) is 20.0 Å². The summed E-state index contributed by atoms with van der Waals surface area (Å²) < 4.78 is 5.07. The fraction of sp³-hybridized carbons (Fsp3) is 0.273. The highest BCUT2D eigenvalue weighted by Gasteiger charge is 2.14. The lowest BCUT2D eigenvalue weighted by molar-refractivity contribution is -0.139. The number of hydrogen-bond donors (Lipinski definition) is 2. The Kier molecular flexibility index (Phi) is 4.24. The fourth-order valence-corrected chi connectivity index (χ4v) is 1.95. The van der Waals surface area contributed by atoms with Crippen LogP contribution >= 0.6 is 11.3 Å². The van der Waals surface area contributed by atoms with Gasteiger partial charge in [-0.05, 0) is 11.4 Å². The predicted octanol–water partition coefficient (Wildman–Crippen LogP) is 0.372. The van der Waals surface area contributed by atoms with E-state index in [1.807, 2.05) is 17.5 Å². The Morgan fingerprint density at radius 2 is 2.00 bits per heavy atom. The van der Waals surface area contributed by atoms with Crippen molar-refractivity contribution >= 4 is 23.2 Å². The van der Waals surface area contributed by atoms with Gasteiger partial charge >= 0.3 is 11.8 Å². The minimum atomic E-state index is -0.729. The first-order valence-electron chi connectivity index (χ1n) is 5.52. The van der Waals surface area contributed by atoms with Crippen molar-refractivity contribution in [3.8, 4) is 0 Å². The van der Waals surface area contributed by atoms with Crippen molar-refractivity contribution < 1.29 is 14.0 Å². The predicted molar refractivity (Wildman–Crippen MR) is 67.0 cm³/mol. The highest BCUT2D eigenvalue weighted by Crippen LogP contribution is 2.07. The Morgan fingerprint density at radius 3 is 2.58 bits per heavy atom. The summed E-state index contributed by atoms with van der Waals surface area (Å²) in [5.74, 6) is -0.750. The fourth-order valence-electron chi connectivity index (χ4n) is 1.31. The summed E-state index contributed by atoms with van der Waals surface area (Å²) in [5.41, 5.74) is 0. The van der Waals surface area contributed by atoms with Crippen LogP contribution < -0.4 is 10.6 Å². The minimum absolute atomic E-state index is 0.0338. The molecule has 0 aromatic carbocycles. The quantitative estimate of drug-likeness (QED) is 0.789. The average molecular weight is 280 g/mol. The SMILES string of the molecule is Cc1nnc(CNC(=O)C(=O)NCc2cccs2)o1. The number of rotatable bonds is 4. The summed E-state index contributed by atoms with van der Waals surface area (Å²) in [6, 6.07) is 3.76. The molecule has 2 N–H and O–H groups in total. The zero-order chi connectivity index (χ0) is 13.7.